The van der Waals surface area contributed by atoms with Gasteiger partial charge in [0.15, 0.2) is 0 Å². The topological polar surface area (TPSA) is 41.8 Å². The summed E-state index contributed by atoms with van der Waals surface area (Å²) in [6, 6.07) is 8.42. The molecule has 2 aromatic rings. The van der Waals surface area contributed by atoms with Gasteiger partial charge in [-0.2, -0.15) is 0 Å². The Morgan fingerprint density at radius 3 is 2.69 bits per heavy atom. The molecule has 1 aromatic carbocycles. The molecule has 0 spiro atoms. The molecule has 1 aromatic heterocycles. The average Bonchev–Trinajstić information content (AvgIpc) is 2.59. The van der Waals surface area contributed by atoms with Gasteiger partial charge in [-0.3, -0.25) is 0 Å². The highest BCUT2D eigenvalue weighted by atomic mass is 14.9. The summed E-state index contributed by atoms with van der Waals surface area (Å²) in [6.07, 6.45) is 4.21. The lowest BCUT2D eigenvalue weighted by Crippen LogP contribution is -2.30. The third kappa shape index (κ3) is 1.30. The zero-order chi connectivity index (χ0) is 11.4. The third-order valence-corrected chi connectivity index (χ3v) is 4.16. The number of rotatable bonds is 2. The Bertz CT molecular complexity index is 538. The predicted octanol–water partition coefficient (Wildman–Crippen LogP) is 2.84. The maximum Gasteiger partial charge on any atom is 0.0456 e. The maximum atomic E-state index is 6.39. The van der Waals surface area contributed by atoms with Gasteiger partial charge in [0, 0.05) is 22.6 Å². The molecule has 1 heterocycles. The van der Waals surface area contributed by atoms with Crippen molar-refractivity contribution in [2.75, 3.05) is 0 Å². The lowest BCUT2D eigenvalue weighted by atomic mass is 9.97. The second-order valence-corrected chi connectivity index (χ2v) is 5.75. The summed E-state index contributed by atoms with van der Waals surface area (Å²) in [5.74, 6) is 0. The molecular formula is C14H18N2. The van der Waals surface area contributed by atoms with Crippen molar-refractivity contribution in [3.05, 3.63) is 36.0 Å². The molecule has 3 N–H and O–H groups in total. The summed E-state index contributed by atoms with van der Waals surface area (Å²) in [5, 5.41) is 1.31. The molecule has 1 aliphatic carbocycles. The summed E-state index contributed by atoms with van der Waals surface area (Å²) >= 11 is 0. The third-order valence-electron chi connectivity index (χ3n) is 4.16. The minimum atomic E-state index is -0.00202. The van der Waals surface area contributed by atoms with Crippen LogP contribution in [0.3, 0.4) is 0 Å². The Kier molecular flexibility index (Phi) is 1.79. The summed E-state index contributed by atoms with van der Waals surface area (Å²) in [4.78, 5) is 3.31. The Hall–Kier alpha value is -1.28. The molecule has 1 aliphatic rings. The van der Waals surface area contributed by atoms with Crippen LogP contribution in [-0.4, -0.2) is 10.5 Å². The quantitative estimate of drug-likeness (QED) is 0.793. The molecule has 0 bridgehead atoms. The minimum absolute atomic E-state index is 0.00202. The van der Waals surface area contributed by atoms with Crippen molar-refractivity contribution in [1.29, 1.82) is 0 Å². The Morgan fingerprint density at radius 2 is 2.00 bits per heavy atom. The first-order valence-electron chi connectivity index (χ1n) is 5.86. The monoisotopic (exact) mass is 214 g/mol. The molecule has 84 valence electrons. The van der Waals surface area contributed by atoms with E-state index in [1.807, 2.05) is 0 Å². The van der Waals surface area contributed by atoms with E-state index in [2.05, 4.69) is 49.3 Å². The number of fused-ring (bicyclic) bond motifs is 1. The van der Waals surface area contributed by atoms with Crippen LogP contribution in [0.25, 0.3) is 10.9 Å². The fourth-order valence-electron chi connectivity index (χ4n) is 2.66. The number of nitrogens with two attached hydrogens (primary N) is 1. The van der Waals surface area contributed by atoms with Crippen molar-refractivity contribution in [3.8, 4) is 0 Å². The van der Waals surface area contributed by atoms with Crippen molar-refractivity contribution in [2.24, 2.45) is 11.1 Å². The van der Waals surface area contributed by atoms with Gasteiger partial charge in [0.25, 0.3) is 0 Å². The van der Waals surface area contributed by atoms with Crippen LogP contribution in [0.5, 0.6) is 0 Å². The fraction of sp³-hybridized carbons (Fsp3) is 0.429. The first-order valence-corrected chi connectivity index (χ1v) is 5.86. The zero-order valence-corrected chi connectivity index (χ0v) is 9.88. The van der Waals surface area contributed by atoms with Crippen LogP contribution in [0.2, 0.25) is 0 Å². The highest BCUT2D eigenvalue weighted by molar-refractivity contribution is 5.83. The number of aromatic nitrogens is 1. The van der Waals surface area contributed by atoms with Gasteiger partial charge in [0.05, 0.1) is 0 Å². The molecule has 3 rings (SSSR count). The molecule has 0 amide bonds. The van der Waals surface area contributed by atoms with E-state index >= 15 is 0 Å². The molecule has 0 aliphatic heterocycles. The molecule has 2 nitrogen and oxygen atoms in total. The highest BCUT2D eigenvalue weighted by Crippen LogP contribution is 2.55. The van der Waals surface area contributed by atoms with Crippen LogP contribution in [-0.2, 0) is 6.42 Å². The maximum absolute atomic E-state index is 6.39. The van der Waals surface area contributed by atoms with E-state index in [-0.39, 0.29) is 5.54 Å². The number of para-hydroxylation sites is 1. The van der Waals surface area contributed by atoms with Crippen molar-refractivity contribution < 1.29 is 0 Å². The Morgan fingerprint density at radius 1 is 1.31 bits per heavy atom. The van der Waals surface area contributed by atoms with E-state index in [0.29, 0.717) is 5.41 Å². The van der Waals surface area contributed by atoms with Crippen LogP contribution >= 0.6 is 0 Å². The van der Waals surface area contributed by atoms with Crippen LogP contribution in [0.15, 0.2) is 30.5 Å². The summed E-state index contributed by atoms with van der Waals surface area (Å²) in [5.41, 5.74) is 9.25. The van der Waals surface area contributed by atoms with E-state index in [9.17, 15) is 0 Å². The molecule has 1 unspecified atom stereocenters. The lowest BCUT2D eigenvalue weighted by Gasteiger charge is -2.14. The molecule has 1 atom stereocenters. The van der Waals surface area contributed by atoms with Crippen molar-refractivity contribution >= 4 is 10.9 Å². The highest BCUT2D eigenvalue weighted by Gasteiger charge is 2.58. The van der Waals surface area contributed by atoms with Crippen molar-refractivity contribution in [3.63, 3.8) is 0 Å². The molecule has 16 heavy (non-hydrogen) atoms. The van der Waals surface area contributed by atoms with Crippen LogP contribution in [0.1, 0.15) is 25.8 Å². The number of hydrogen-bond acceptors (Lipinski definition) is 1. The molecular weight excluding hydrogens is 196 g/mol. The van der Waals surface area contributed by atoms with Crippen LogP contribution < -0.4 is 5.73 Å². The standard InChI is InChI=1S/C14H18N2/c1-13(2)9-14(13,15)7-10-8-16-12-6-4-3-5-11(10)12/h3-6,8,16H,7,9,15H2,1-2H3. The van der Waals surface area contributed by atoms with Gasteiger partial charge in [-0.15, -0.1) is 0 Å². The largest absolute Gasteiger partial charge is 0.361 e. The van der Waals surface area contributed by atoms with Crippen molar-refractivity contribution in [2.45, 2.75) is 32.2 Å². The first-order chi connectivity index (χ1) is 7.52. The SMILES string of the molecule is CC1(C)CC1(N)Cc1c[nH]c2ccccc12. The first kappa shape index (κ1) is 9.91. The number of H-pyrrole nitrogens is 1. The van der Waals surface area contributed by atoms with E-state index < -0.39 is 0 Å². The normalized spacial score (nSPS) is 27.2. The smallest absolute Gasteiger partial charge is 0.0456 e. The lowest BCUT2D eigenvalue weighted by molar-refractivity contribution is 0.491. The van der Waals surface area contributed by atoms with Gasteiger partial charge < -0.3 is 10.7 Å². The number of aromatic amines is 1. The molecule has 2 heteroatoms. The van der Waals surface area contributed by atoms with Gasteiger partial charge in [-0.05, 0) is 29.9 Å². The van der Waals surface area contributed by atoms with E-state index in [4.69, 9.17) is 5.73 Å². The van der Waals surface area contributed by atoms with Gasteiger partial charge in [-0.25, -0.2) is 0 Å². The van der Waals surface area contributed by atoms with Crippen LogP contribution in [0, 0.1) is 5.41 Å². The van der Waals surface area contributed by atoms with Gasteiger partial charge in [0.1, 0.15) is 0 Å². The zero-order valence-electron chi connectivity index (χ0n) is 9.88. The fourth-order valence-corrected chi connectivity index (χ4v) is 2.66. The minimum Gasteiger partial charge on any atom is -0.361 e. The van der Waals surface area contributed by atoms with Gasteiger partial charge in [0.2, 0.25) is 0 Å². The van der Waals surface area contributed by atoms with Crippen molar-refractivity contribution in [1.82, 2.24) is 4.98 Å². The van der Waals surface area contributed by atoms with E-state index in [0.717, 1.165) is 12.8 Å². The number of benzene rings is 1. The predicted molar refractivity (Wildman–Crippen MR) is 67.3 cm³/mol. The number of nitrogens with one attached hydrogen (secondary N) is 1. The second-order valence-electron chi connectivity index (χ2n) is 5.75. The van der Waals surface area contributed by atoms with E-state index in [1.54, 1.807) is 0 Å². The summed E-state index contributed by atoms with van der Waals surface area (Å²) < 4.78 is 0. The van der Waals surface area contributed by atoms with Crippen LogP contribution in [0.4, 0.5) is 0 Å². The summed E-state index contributed by atoms with van der Waals surface area (Å²) in [7, 11) is 0. The van der Waals surface area contributed by atoms with Gasteiger partial charge in [-0.1, -0.05) is 32.0 Å². The molecule has 1 fully saturated rings. The average molecular weight is 214 g/mol. The molecule has 0 saturated heterocycles. The Labute approximate surface area is 95.8 Å². The molecule has 0 radical (unpaired) electrons. The second kappa shape index (κ2) is 2.89. The Balaban J connectivity index is 1.97. The van der Waals surface area contributed by atoms with Gasteiger partial charge >= 0.3 is 0 Å². The molecule has 1 saturated carbocycles. The van der Waals surface area contributed by atoms with E-state index in [1.165, 1.54) is 16.5 Å². The summed E-state index contributed by atoms with van der Waals surface area (Å²) in [6.45, 7) is 4.50. The number of hydrogen-bond donors (Lipinski definition) is 2.